The van der Waals surface area contributed by atoms with Crippen LogP contribution in [-0.4, -0.2) is 13.1 Å². The summed E-state index contributed by atoms with van der Waals surface area (Å²) in [5.41, 5.74) is 6.12. The molecule has 13 heavy (non-hydrogen) atoms. The summed E-state index contributed by atoms with van der Waals surface area (Å²) in [5.74, 6) is -0.308. The zero-order valence-electron chi connectivity index (χ0n) is 7.19. The van der Waals surface area contributed by atoms with Crippen LogP contribution in [-0.2, 0) is 6.54 Å². The predicted molar refractivity (Wildman–Crippen MR) is 52.2 cm³/mol. The Labute approximate surface area is 81.9 Å². The summed E-state index contributed by atoms with van der Waals surface area (Å²) in [6.45, 7) is 1.88. The number of hydrogen-bond donors (Lipinski definition) is 2. The zero-order chi connectivity index (χ0) is 9.68. The molecule has 4 heteroatoms. The molecule has 0 atom stereocenters. The Balaban J connectivity index is 2.56. The van der Waals surface area contributed by atoms with Gasteiger partial charge >= 0.3 is 0 Å². The third-order valence-corrected chi connectivity index (χ3v) is 1.79. The molecule has 0 spiro atoms. The quantitative estimate of drug-likeness (QED) is 0.727. The highest BCUT2D eigenvalue weighted by Crippen LogP contribution is 2.13. The van der Waals surface area contributed by atoms with Gasteiger partial charge in [-0.1, -0.05) is 11.6 Å². The first kappa shape index (κ1) is 10.4. The number of benzene rings is 1. The lowest BCUT2D eigenvalue weighted by molar-refractivity contribution is 0.621. The second kappa shape index (κ2) is 5.17. The van der Waals surface area contributed by atoms with Crippen LogP contribution >= 0.6 is 11.6 Å². The minimum absolute atomic E-state index is 0.308. The van der Waals surface area contributed by atoms with Crippen molar-refractivity contribution in [3.05, 3.63) is 34.6 Å². The lowest BCUT2D eigenvalue weighted by atomic mass is 10.2. The molecule has 0 saturated heterocycles. The summed E-state index contributed by atoms with van der Waals surface area (Å²) in [5, 5.41) is 3.48. The fraction of sp³-hybridized carbons (Fsp3) is 0.333. The third kappa shape index (κ3) is 3.72. The zero-order valence-corrected chi connectivity index (χ0v) is 7.94. The van der Waals surface area contributed by atoms with Crippen molar-refractivity contribution >= 4 is 11.6 Å². The van der Waals surface area contributed by atoms with E-state index in [0.29, 0.717) is 24.7 Å². The van der Waals surface area contributed by atoms with Gasteiger partial charge in [-0.3, -0.25) is 0 Å². The van der Waals surface area contributed by atoms with E-state index < -0.39 is 0 Å². The van der Waals surface area contributed by atoms with Crippen LogP contribution in [0.4, 0.5) is 4.39 Å². The van der Waals surface area contributed by atoms with Crippen LogP contribution in [0.1, 0.15) is 5.56 Å². The summed E-state index contributed by atoms with van der Waals surface area (Å²) >= 11 is 5.67. The number of halogens is 2. The Morgan fingerprint density at radius 2 is 2.15 bits per heavy atom. The van der Waals surface area contributed by atoms with Crippen molar-refractivity contribution in [2.45, 2.75) is 6.54 Å². The van der Waals surface area contributed by atoms with Gasteiger partial charge in [0.15, 0.2) is 0 Å². The number of rotatable bonds is 4. The Bertz CT molecular complexity index is 258. The molecule has 0 heterocycles. The molecule has 2 nitrogen and oxygen atoms in total. The van der Waals surface area contributed by atoms with Crippen molar-refractivity contribution in [2.24, 2.45) is 5.73 Å². The van der Waals surface area contributed by atoms with Crippen molar-refractivity contribution in [1.82, 2.24) is 5.32 Å². The van der Waals surface area contributed by atoms with E-state index in [4.69, 9.17) is 17.3 Å². The molecule has 0 aromatic heterocycles. The summed E-state index contributed by atoms with van der Waals surface area (Å²) in [7, 11) is 0. The summed E-state index contributed by atoms with van der Waals surface area (Å²) in [4.78, 5) is 0. The van der Waals surface area contributed by atoms with E-state index in [9.17, 15) is 4.39 Å². The molecule has 3 N–H and O–H groups in total. The van der Waals surface area contributed by atoms with Crippen LogP contribution in [0.3, 0.4) is 0 Å². The highest BCUT2D eigenvalue weighted by Gasteiger charge is 1.98. The lowest BCUT2D eigenvalue weighted by Gasteiger charge is -2.03. The van der Waals surface area contributed by atoms with Crippen molar-refractivity contribution in [2.75, 3.05) is 13.1 Å². The Morgan fingerprint density at radius 1 is 1.38 bits per heavy atom. The fourth-order valence-electron chi connectivity index (χ4n) is 1.05. The molecular formula is C9H12ClFN2. The summed E-state index contributed by atoms with van der Waals surface area (Å²) < 4.78 is 12.8. The Morgan fingerprint density at radius 3 is 2.77 bits per heavy atom. The molecule has 0 bridgehead atoms. The molecule has 0 saturated carbocycles. The molecule has 0 fully saturated rings. The van der Waals surface area contributed by atoms with Crippen LogP contribution in [0, 0.1) is 5.82 Å². The highest BCUT2D eigenvalue weighted by atomic mass is 35.5. The maximum atomic E-state index is 12.8. The van der Waals surface area contributed by atoms with Crippen LogP contribution < -0.4 is 11.1 Å². The minimum atomic E-state index is -0.308. The highest BCUT2D eigenvalue weighted by molar-refractivity contribution is 6.30. The van der Waals surface area contributed by atoms with Gasteiger partial charge in [0.2, 0.25) is 0 Å². The summed E-state index contributed by atoms with van der Waals surface area (Å²) in [6, 6.07) is 4.47. The van der Waals surface area contributed by atoms with E-state index in [-0.39, 0.29) is 5.82 Å². The molecule has 1 aromatic carbocycles. The lowest BCUT2D eigenvalue weighted by Crippen LogP contribution is -2.21. The molecular weight excluding hydrogens is 191 g/mol. The van der Waals surface area contributed by atoms with Crippen LogP contribution in [0.5, 0.6) is 0 Å². The van der Waals surface area contributed by atoms with E-state index in [0.717, 1.165) is 5.56 Å². The molecule has 0 aliphatic rings. The van der Waals surface area contributed by atoms with Gasteiger partial charge in [0.25, 0.3) is 0 Å². The average molecular weight is 203 g/mol. The molecule has 0 amide bonds. The maximum absolute atomic E-state index is 12.8. The van der Waals surface area contributed by atoms with E-state index >= 15 is 0 Å². The van der Waals surface area contributed by atoms with Crippen molar-refractivity contribution in [3.63, 3.8) is 0 Å². The van der Waals surface area contributed by atoms with Crippen LogP contribution in [0.2, 0.25) is 5.02 Å². The van der Waals surface area contributed by atoms with Crippen LogP contribution in [0.25, 0.3) is 0 Å². The fourth-order valence-corrected chi connectivity index (χ4v) is 1.29. The van der Waals surface area contributed by atoms with E-state index in [1.165, 1.54) is 12.1 Å². The third-order valence-electron chi connectivity index (χ3n) is 1.57. The first-order chi connectivity index (χ1) is 6.22. The number of hydrogen-bond acceptors (Lipinski definition) is 2. The second-order valence-corrected chi connectivity index (χ2v) is 3.18. The average Bonchev–Trinajstić information content (AvgIpc) is 2.03. The second-order valence-electron chi connectivity index (χ2n) is 2.74. The monoisotopic (exact) mass is 202 g/mol. The van der Waals surface area contributed by atoms with Crippen LogP contribution in [0.15, 0.2) is 18.2 Å². The van der Waals surface area contributed by atoms with Gasteiger partial charge in [0.05, 0.1) is 0 Å². The number of nitrogens with two attached hydrogens (primary N) is 1. The van der Waals surface area contributed by atoms with Crippen molar-refractivity contribution in [1.29, 1.82) is 0 Å². The molecule has 0 unspecified atom stereocenters. The van der Waals surface area contributed by atoms with Gasteiger partial charge in [-0.2, -0.15) is 0 Å². The summed E-state index contributed by atoms with van der Waals surface area (Å²) in [6.07, 6.45) is 0. The largest absolute Gasteiger partial charge is 0.329 e. The molecule has 0 aliphatic carbocycles. The number of nitrogens with one attached hydrogen (secondary N) is 1. The Kier molecular flexibility index (Phi) is 4.15. The van der Waals surface area contributed by atoms with Gasteiger partial charge in [0.1, 0.15) is 5.82 Å². The topological polar surface area (TPSA) is 38.0 Å². The van der Waals surface area contributed by atoms with Crippen molar-refractivity contribution < 1.29 is 4.39 Å². The van der Waals surface area contributed by atoms with Gasteiger partial charge < -0.3 is 11.1 Å². The van der Waals surface area contributed by atoms with Gasteiger partial charge in [-0.25, -0.2) is 4.39 Å². The first-order valence-corrected chi connectivity index (χ1v) is 4.46. The predicted octanol–water partition coefficient (Wildman–Crippen LogP) is 1.53. The smallest absolute Gasteiger partial charge is 0.125 e. The van der Waals surface area contributed by atoms with Crippen molar-refractivity contribution in [3.8, 4) is 0 Å². The van der Waals surface area contributed by atoms with Gasteiger partial charge in [0, 0.05) is 24.7 Å². The van der Waals surface area contributed by atoms with E-state index in [1.54, 1.807) is 6.07 Å². The standard InChI is InChI=1S/C9H12ClFN2/c10-8-3-7(4-9(11)5-8)6-13-2-1-12/h3-5,13H,1-2,6,12H2. The maximum Gasteiger partial charge on any atom is 0.125 e. The molecule has 1 rings (SSSR count). The van der Waals surface area contributed by atoms with Gasteiger partial charge in [-0.05, 0) is 23.8 Å². The van der Waals surface area contributed by atoms with E-state index in [1.807, 2.05) is 0 Å². The van der Waals surface area contributed by atoms with E-state index in [2.05, 4.69) is 5.32 Å². The SMILES string of the molecule is NCCNCc1cc(F)cc(Cl)c1. The molecule has 0 aliphatic heterocycles. The van der Waals surface area contributed by atoms with Gasteiger partial charge in [-0.15, -0.1) is 0 Å². The molecule has 72 valence electrons. The normalized spacial score (nSPS) is 10.4. The molecule has 1 aromatic rings. The minimum Gasteiger partial charge on any atom is -0.329 e. The Hall–Kier alpha value is -0.640. The first-order valence-electron chi connectivity index (χ1n) is 4.08. The molecule has 0 radical (unpaired) electrons.